The van der Waals surface area contributed by atoms with Crippen molar-refractivity contribution < 1.29 is 0 Å². The zero-order valence-electron chi connectivity index (χ0n) is 10.9. The molecule has 0 aromatic heterocycles. The molecule has 0 amide bonds. The molecule has 1 heterocycles. The number of nitrogens with zero attached hydrogens (tertiary/aromatic N) is 1. The summed E-state index contributed by atoms with van der Waals surface area (Å²) in [4.78, 5) is 2.72. The third-order valence-electron chi connectivity index (χ3n) is 4.62. The molecule has 2 nitrogen and oxygen atoms in total. The van der Waals surface area contributed by atoms with Crippen molar-refractivity contribution in [2.75, 3.05) is 13.1 Å². The number of nitrogens with two attached hydrogens (primary N) is 1. The SMILES string of the molecule is CCCC1CCCCN1CCC1(N)CCC1. The predicted octanol–water partition coefficient (Wildman–Crippen LogP) is 2.91. The van der Waals surface area contributed by atoms with Crippen LogP contribution in [-0.4, -0.2) is 29.6 Å². The van der Waals surface area contributed by atoms with Crippen LogP contribution in [0.5, 0.6) is 0 Å². The summed E-state index contributed by atoms with van der Waals surface area (Å²) in [7, 11) is 0. The normalized spacial score (nSPS) is 30.0. The highest BCUT2D eigenvalue weighted by Gasteiger charge is 2.33. The Hall–Kier alpha value is -0.0800. The molecule has 2 N–H and O–H groups in total. The molecule has 2 aliphatic rings. The Morgan fingerprint density at radius 3 is 2.69 bits per heavy atom. The standard InChI is InChI=1S/C14H28N2/c1-2-6-13-7-3-4-11-16(13)12-10-14(15)8-5-9-14/h13H,2-12,15H2,1H3. The zero-order valence-corrected chi connectivity index (χ0v) is 10.9. The van der Waals surface area contributed by atoms with Crippen LogP contribution < -0.4 is 5.73 Å². The smallest absolute Gasteiger partial charge is 0.0166 e. The van der Waals surface area contributed by atoms with Crippen LogP contribution in [0.2, 0.25) is 0 Å². The fraction of sp³-hybridized carbons (Fsp3) is 1.00. The summed E-state index contributed by atoms with van der Waals surface area (Å²) in [5.41, 5.74) is 6.53. The molecule has 0 radical (unpaired) electrons. The molecule has 2 heteroatoms. The topological polar surface area (TPSA) is 29.3 Å². The van der Waals surface area contributed by atoms with Gasteiger partial charge in [-0.1, -0.05) is 19.8 Å². The zero-order chi connectivity index (χ0) is 11.4. The monoisotopic (exact) mass is 224 g/mol. The molecule has 1 aliphatic heterocycles. The molecule has 94 valence electrons. The van der Waals surface area contributed by atoms with Crippen molar-refractivity contribution >= 4 is 0 Å². The summed E-state index contributed by atoms with van der Waals surface area (Å²) >= 11 is 0. The minimum Gasteiger partial charge on any atom is -0.325 e. The minimum atomic E-state index is 0.216. The highest BCUT2D eigenvalue weighted by molar-refractivity contribution is 4.93. The highest BCUT2D eigenvalue weighted by Crippen LogP contribution is 2.33. The molecule has 16 heavy (non-hydrogen) atoms. The number of rotatable bonds is 5. The van der Waals surface area contributed by atoms with Crippen molar-refractivity contribution in [1.82, 2.24) is 4.90 Å². The van der Waals surface area contributed by atoms with Gasteiger partial charge in [0.25, 0.3) is 0 Å². The summed E-state index contributed by atoms with van der Waals surface area (Å²) in [5.74, 6) is 0. The Labute approximate surface area is 101 Å². The van der Waals surface area contributed by atoms with Crippen molar-refractivity contribution in [2.24, 2.45) is 5.73 Å². The van der Waals surface area contributed by atoms with Crippen LogP contribution in [0.3, 0.4) is 0 Å². The molecule has 0 bridgehead atoms. The van der Waals surface area contributed by atoms with E-state index in [-0.39, 0.29) is 5.54 Å². The maximum Gasteiger partial charge on any atom is 0.0166 e. The molecule has 2 rings (SSSR count). The van der Waals surface area contributed by atoms with E-state index in [9.17, 15) is 0 Å². The molecular formula is C14H28N2. The van der Waals surface area contributed by atoms with E-state index in [1.165, 1.54) is 70.9 Å². The van der Waals surface area contributed by atoms with Crippen LogP contribution in [-0.2, 0) is 0 Å². The summed E-state index contributed by atoms with van der Waals surface area (Å²) < 4.78 is 0. The Bertz CT molecular complexity index is 209. The van der Waals surface area contributed by atoms with Gasteiger partial charge < -0.3 is 10.6 Å². The lowest BCUT2D eigenvalue weighted by molar-refractivity contribution is 0.111. The summed E-state index contributed by atoms with van der Waals surface area (Å²) in [6.45, 7) is 4.88. The second kappa shape index (κ2) is 5.50. The Kier molecular flexibility index (Phi) is 4.26. The van der Waals surface area contributed by atoms with Crippen LogP contribution >= 0.6 is 0 Å². The van der Waals surface area contributed by atoms with E-state index in [0.29, 0.717) is 0 Å². The molecule has 1 unspecified atom stereocenters. The first-order chi connectivity index (χ1) is 7.73. The molecule has 1 atom stereocenters. The van der Waals surface area contributed by atoms with E-state index in [2.05, 4.69) is 11.8 Å². The minimum absolute atomic E-state index is 0.216. The largest absolute Gasteiger partial charge is 0.325 e. The average molecular weight is 224 g/mol. The van der Waals surface area contributed by atoms with E-state index in [1.807, 2.05) is 0 Å². The third kappa shape index (κ3) is 2.98. The first-order valence-electron chi connectivity index (χ1n) is 7.26. The predicted molar refractivity (Wildman–Crippen MR) is 69.5 cm³/mol. The van der Waals surface area contributed by atoms with Crippen molar-refractivity contribution in [3.8, 4) is 0 Å². The molecular weight excluding hydrogens is 196 g/mol. The van der Waals surface area contributed by atoms with Crippen molar-refractivity contribution in [3.05, 3.63) is 0 Å². The fourth-order valence-corrected chi connectivity index (χ4v) is 3.26. The molecule has 1 saturated carbocycles. The highest BCUT2D eigenvalue weighted by atomic mass is 15.2. The maximum absolute atomic E-state index is 6.31. The second-order valence-electron chi connectivity index (χ2n) is 5.94. The van der Waals surface area contributed by atoms with Gasteiger partial charge in [0.15, 0.2) is 0 Å². The van der Waals surface area contributed by atoms with E-state index >= 15 is 0 Å². The Balaban J connectivity index is 1.76. The van der Waals surface area contributed by atoms with Gasteiger partial charge >= 0.3 is 0 Å². The maximum atomic E-state index is 6.31. The van der Waals surface area contributed by atoms with Crippen molar-refractivity contribution in [3.63, 3.8) is 0 Å². The first kappa shape index (κ1) is 12.4. The van der Waals surface area contributed by atoms with Gasteiger partial charge in [-0.3, -0.25) is 0 Å². The van der Waals surface area contributed by atoms with Crippen molar-refractivity contribution in [1.29, 1.82) is 0 Å². The van der Waals surface area contributed by atoms with Gasteiger partial charge in [-0.2, -0.15) is 0 Å². The van der Waals surface area contributed by atoms with Crippen molar-refractivity contribution in [2.45, 2.75) is 76.3 Å². The fourth-order valence-electron chi connectivity index (χ4n) is 3.26. The quantitative estimate of drug-likeness (QED) is 0.778. The van der Waals surface area contributed by atoms with E-state index in [0.717, 1.165) is 6.04 Å². The van der Waals surface area contributed by atoms with Gasteiger partial charge in [0.1, 0.15) is 0 Å². The second-order valence-corrected chi connectivity index (χ2v) is 5.94. The number of likely N-dealkylation sites (tertiary alicyclic amines) is 1. The lowest BCUT2D eigenvalue weighted by atomic mass is 9.75. The van der Waals surface area contributed by atoms with Crippen LogP contribution in [0, 0.1) is 0 Å². The van der Waals surface area contributed by atoms with Gasteiger partial charge in [0.05, 0.1) is 0 Å². The molecule has 0 aromatic rings. The Morgan fingerprint density at radius 1 is 1.25 bits per heavy atom. The number of piperidine rings is 1. The van der Waals surface area contributed by atoms with Gasteiger partial charge in [-0.25, -0.2) is 0 Å². The first-order valence-corrected chi connectivity index (χ1v) is 7.26. The van der Waals surface area contributed by atoms with Gasteiger partial charge in [-0.05, 0) is 51.5 Å². The lowest BCUT2D eigenvalue weighted by Crippen LogP contribution is -2.50. The average Bonchev–Trinajstić information content (AvgIpc) is 2.26. The van der Waals surface area contributed by atoms with Gasteiger partial charge in [0.2, 0.25) is 0 Å². The lowest BCUT2D eigenvalue weighted by Gasteiger charge is -2.42. The summed E-state index contributed by atoms with van der Waals surface area (Å²) in [6.07, 6.45) is 12.1. The van der Waals surface area contributed by atoms with Crippen LogP contribution in [0.4, 0.5) is 0 Å². The van der Waals surface area contributed by atoms with E-state index in [4.69, 9.17) is 5.73 Å². The summed E-state index contributed by atoms with van der Waals surface area (Å²) in [6, 6.07) is 0.863. The molecule has 2 fully saturated rings. The molecule has 1 aliphatic carbocycles. The number of hydrogen-bond acceptors (Lipinski definition) is 2. The van der Waals surface area contributed by atoms with Gasteiger partial charge in [-0.15, -0.1) is 0 Å². The van der Waals surface area contributed by atoms with Crippen LogP contribution in [0.15, 0.2) is 0 Å². The molecule has 0 aromatic carbocycles. The molecule has 0 spiro atoms. The van der Waals surface area contributed by atoms with Crippen LogP contribution in [0.25, 0.3) is 0 Å². The number of hydrogen-bond donors (Lipinski definition) is 1. The molecule has 1 saturated heterocycles. The van der Waals surface area contributed by atoms with Gasteiger partial charge in [0, 0.05) is 18.1 Å². The van der Waals surface area contributed by atoms with Crippen LogP contribution in [0.1, 0.15) is 64.7 Å². The van der Waals surface area contributed by atoms with E-state index in [1.54, 1.807) is 0 Å². The third-order valence-corrected chi connectivity index (χ3v) is 4.62. The summed E-state index contributed by atoms with van der Waals surface area (Å²) in [5, 5.41) is 0. The van der Waals surface area contributed by atoms with E-state index < -0.39 is 0 Å². The Morgan fingerprint density at radius 2 is 2.06 bits per heavy atom.